The topological polar surface area (TPSA) is 78.9 Å². The van der Waals surface area contributed by atoms with Crippen LogP contribution in [0, 0.1) is 0 Å². The van der Waals surface area contributed by atoms with Gasteiger partial charge in [-0.05, 0) is 0 Å². The number of rotatable bonds is 60. The average molecular weight is 1210 g/mol. The summed E-state index contributed by atoms with van der Waals surface area (Å²) < 4.78 is 19.0. The van der Waals surface area contributed by atoms with E-state index in [-0.39, 0.29) is 4.44 Å². The molecule has 0 saturated carbocycles. The van der Waals surface area contributed by atoms with Crippen molar-refractivity contribution in [3.63, 3.8) is 0 Å². The molecule has 0 aromatic carbocycles. The van der Waals surface area contributed by atoms with Crippen LogP contribution in [-0.2, 0) is 23.6 Å². The Hall–Kier alpha value is 0.259. The zero-order chi connectivity index (χ0) is 54.3. The van der Waals surface area contributed by atoms with Gasteiger partial charge in [0.25, 0.3) is 0 Å². The molecule has 10 heteroatoms. The van der Waals surface area contributed by atoms with Crippen LogP contribution in [0.2, 0.25) is 4.44 Å². The Bertz CT molecular complexity index is 1070. The summed E-state index contributed by atoms with van der Waals surface area (Å²) in [5, 5.41) is -2.03. The van der Waals surface area contributed by atoms with Crippen LogP contribution in [0.3, 0.4) is 0 Å². The van der Waals surface area contributed by atoms with E-state index in [0.29, 0.717) is 25.7 Å². The molecule has 0 radical (unpaired) electrons. The van der Waals surface area contributed by atoms with E-state index >= 15 is 0 Å². The van der Waals surface area contributed by atoms with Crippen LogP contribution in [0.1, 0.15) is 368 Å². The van der Waals surface area contributed by atoms with Crippen LogP contribution >= 0.6 is 37.9 Å². The predicted molar refractivity (Wildman–Crippen MR) is 335 cm³/mol. The van der Waals surface area contributed by atoms with Gasteiger partial charge in [-0.25, -0.2) is 0 Å². The molecule has 0 bridgehead atoms. The molecule has 0 heterocycles. The first-order chi connectivity index (χ1) is 36.2. The third-order valence-corrected chi connectivity index (χ3v) is 24.0. The van der Waals surface area contributed by atoms with Gasteiger partial charge >= 0.3 is 312 Å². The number of carbonyl (C=O) groups excluding carboxylic acids is 3. The number of hydrogen-bond acceptors (Lipinski definition) is 9. The number of thiol groups is 3. The van der Waals surface area contributed by atoms with Gasteiger partial charge < -0.3 is 0 Å². The fraction of sp³-hybridized carbons (Fsp3) is 0.953. The predicted octanol–water partition coefficient (Wildman–Crippen LogP) is 22.2. The molecule has 3 atom stereocenters. The average Bonchev–Trinajstić information content (AvgIpc) is 3.39. The minimum Gasteiger partial charge on any atom is -0.0654 e. The van der Waals surface area contributed by atoms with Crippen LogP contribution in [0.15, 0.2) is 0 Å². The molecule has 0 aromatic heterocycles. The Morgan fingerprint density at radius 2 is 0.405 bits per heavy atom. The van der Waals surface area contributed by atoms with Crippen molar-refractivity contribution in [3.05, 3.63) is 0 Å². The Balaban J connectivity index is 5.04. The quantitative estimate of drug-likeness (QED) is 0.0320. The van der Waals surface area contributed by atoms with E-state index in [4.69, 9.17) is 47.1 Å². The summed E-state index contributed by atoms with van der Waals surface area (Å²) in [6, 6.07) is 0. The standard InChI is InChI=1S/3C20H40O2S.C4H9.Sn/c3*1-2-3-4-5-6-7-8-9-10-11-12-13-14-15-16-17-18-19(23)20(21)22;1-3-4-2;/h3*19,23H,2-18H2,1H3,(H,21,22);1,3-4H2,2H3;/q;;;;+3/p-3. The molecule has 0 aromatic rings. The first-order valence-electron chi connectivity index (χ1n) is 32.9. The number of unbranched alkanes of at least 4 members (excludes halogenated alkanes) is 46. The second-order valence-corrected chi connectivity index (χ2v) is 31.8. The third-order valence-electron chi connectivity index (χ3n) is 15.4. The molecular weight excluding hydrogens is 1080 g/mol. The molecular formula is C64H126O6S3Sn. The minimum absolute atomic E-state index is 0.257. The second kappa shape index (κ2) is 57.9. The first kappa shape index (κ1) is 74.3. The fourth-order valence-corrected chi connectivity index (χ4v) is 19.2. The summed E-state index contributed by atoms with van der Waals surface area (Å²) in [7, 11) is 0. The van der Waals surface area contributed by atoms with Gasteiger partial charge in [0, 0.05) is 0 Å². The Morgan fingerprint density at radius 3 is 0.568 bits per heavy atom. The monoisotopic (exact) mass is 1210 g/mol. The summed E-state index contributed by atoms with van der Waals surface area (Å²) in [5.41, 5.74) is 0. The van der Waals surface area contributed by atoms with Crippen LogP contribution in [0.5, 0.6) is 0 Å². The summed E-state index contributed by atoms with van der Waals surface area (Å²) in [6.45, 7) is 8.88. The summed E-state index contributed by atoms with van der Waals surface area (Å²) in [6.07, 6.45) is 65.0. The number of hydrogen-bond donors (Lipinski definition) is 3. The SMILES string of the molecule is CCCCCCCCCCCCCCCCCCC(S)C(=O)[O][Sn]([CH2]CCC)([O]C(=O)C(S)CCCCCCCCCCCCCCCCCC)[O]C(=O)C(S)CCCCCCCCCCCCCCCCCC. The maximum absolute atomic E-state index is 13.8. The molecule has 0 aliphatic carbocycles. The van der Waals surface area contributed by atoms with Gasteiger partial charge in [0.2, 0.25) is 0 Å². The van der Waals surface area contributed by atoms with Gasteiger partial charge in [0.15, 0.2) is 0 Å². The molecule has 0 aliphatic rings. The zero-order valence-corrected chi connectivity index (χ0v) is 55.2. The fourth-order valence-electron chi connectivity index (χ4n) is 10.3. The molecule has 440 valence electrons. The summed E-state index contributed by atoms with van der Waals surface area (Å²) >= 11 is 8.95. The molecule has 0 amide bonds. The van der Waals surface area contributed by atoms with E-state index < -0.39 is 53.3 Å². The molecule has 0 fully saturated rings. The van der Waals surface area contributed by atoms with Gasteiger partial charge in [0.1, 0.15) is 0 Å². The molecule has 0 saturated heterocycles. The molecule has 0 rings (SSSR count). The van der Waals surface area contributed by atoms with E-state index in [1.165, 1.54) is 250 Å². The van der Waals surface area contributed by atoms with Gasteiger partial charge in [-0.2, -0.15) is 0 Å². The summed E-state index contributed by atoms with van der Waals surface area (Å²) in [5.74, 6) is -1.61. The van der Waals surface area contributed by atoms with Crippen molar-refractivity contribution in [1.29, 1.82) is 0 Å². The normalized spacial score (nSPS) is 13.7. The van der Waals surface area contributed by atoms with Crippen LogP contribution in [0.4, 0.5) is 0 Å². The number of carbonyl (C=O) groups is 3. The van der Waals surface area contributed by atoms with Crippen molar-refractivity contribution in [1.82, 2.24) is 0 Å². The van der Waals surface area contributed by atoms with Gasteiger partial charge in [-0.1, -0.05) is 175 Å². The van der Waals surface area contributed by atoms with Crippen molar-refractivity contribution in [2.45, 2.75) is 388 Å². The summed E-state index contributed by atoms with van der Waals surface area (Å²) in [4.78, 5) is 41.5. The van der Waals surface area contributed by atoms with E-state index in [1.54, 1.807) is 0 Å². The maximum atomic E-state index is 13.8. The van der Waals surface area contributed by atoms with Gasteiger partial charge in [-0.3, -0.25) is 0 Å². The molecule has 74 heavy (non-hydrogen) atoms. The van der Waals surface area contributed by atoms with E-state index in [1.807, 2.05) is 6.92 Å². The second-order valence-electron chi connectivity index (χ2n) is 22.9. The van der Waals surface area contributed by atoms with Crippen LogP contribution in [0.25, 0.3) is 0 Å². The van der Waals surface area contributed by atoms with Crippen molar-refractivity contribution >= 4 is 75.4 Å². The van der Waals surface area contributed by atoms with Crippen molar-refractivity contribution < 1.29 is 23.6 Å². The van der Waals surface area contributed by atoms with Crippen LogP contribution < -0.4 is 0 Å². The molecule has 6 nitrogen and oxygen atoms in total. The van der Waals surface area contributed by atoms with Crippen molar-refractivity contribution in [2.75, 3.05) is 0 Å². The first-order valence-corrected chi connectivity index (χ1v) is 39.9. The molecule has 0 spiro atoms. The van der Waals surface area contributed by atoms with Gasteiger partial charge in [-0.15, -0.1) is 0 Å². The van der Waals surface area contributed by atoms with Gasteiger partial charge in [0.05, 0.1) is 0 Å². The molecule has 0 aliphatic heterocycles. The van der Waals surface area contributed by atoms with E-state index in [9.17, 15) is 14.4 Å². The molecule has 3 unspecified atom stereocenters. The Labute approximate surface area is 483 Å². The zero-order valence-electron chi connectivity index (χ0n) is 49.7. The van der Waals surface area contributed by atoms with Crippen molar-refractivity contribution in [3.8, 4) is 0 Å². The van der Waals surface area contributed by atoms with Crippen molar-refractivity contribution in [2.24, 2.45) is 0 Å². The van der Waals surface area contributed by atoms with E-state index in [0.717, 1.165) is 64.2 Å². The molecule has 0 N–H and O–H groups in total. The third kappa shape index (κ3) is 49.3. The smallest absolute Gasteiger partial charge is 0.0654 e. The minimum atomic E-state index is -5.18. The van der Waals surface area contributed by atoms with E-state index in [2.05, 4.69) is 20.8 Å². The Morgan fingerprint density at radius 1 is 0.257 bits per heavy atom. The van der Waals surface area contributed by atoms with Crippen LogP contribution in [-0.4, -0.2) is 53.3 Å². The Kier molecular flexibility index (Phi) is 58.1.